The minimum atomic E-state index is 0.684. The van der Waals surface area contributed by atoms with Gasteiger partial charge in [0.2, 0.25) is 5.95 Å². The van der Waals surface area contributed by atoms with E-state index in [1.165, 1.54) is 0 Å². The minimum Gasteiger partial charge on any atom is -0.357 e. The van der Waals surface area contributed by atoms with Crippen LogP contribution in [0.4, 0.5) is 5.95 Å². The maximum absolute atomic E-state index is 4.22. The first-order chi connectivity index (χ1) is 5.36. The number of thioether (sulfide) groups is 1. The summed E-state index contributed by atoms with van der Waals surface area (Å²) in [6.07, 6.45) is 1.76. The number of hydrogen-bond acceptors (Lipinski definition) is 4. The first-order valence-corrected chi connectivity index (χ1v) is 4.49. The topological polar surface area (TPSA) is 37.8 Å². The second-order valence-electron chi connectivity index (χ2n) is 1.90. The van der Waals surface area contributed by atoms with E-state index in [9.17, 15) is 0 Å². The molecular formula is C7H11N3S. The van der Waals surface area contributed by atoms with Crippen molar-refractivity contribution >= 4 is 17.7 Å². The maximum atomic E-state index is 4.22. The highest BCUT2D eigenvalue weighted by Crippen LogP contribution is 2.14. The second-order valence-corrected chi connectivity index (χ2v) is 3.19. The van der Waals surface area contributed by atoms with Crippen LogP contribution in [0, 0.1) is 0 Å². The van der Waals surface area contributed by atoms with Crippen molar-refractivity contribution in [3.63, 3.8) is 0 Å². The minimum absolute atomic E-state index is 0.684. The molecule has 0 aliphatic heterocycles. The standard InChI is InChI=1S/C7H11N3S/c1-3-11-6-4-5-9-7(8-2)10-6/h4-5H,3H2,1-2H3,(H,8,9,10). The van der Waals surface area contributed by atoms with Crippen LogP contribution < -0.4 is 5.32 Å². The maximum Gasteiger partial charge on any atom is 0.223 e. The third-order valence-corrected chi connectivity index (χ3v) is 1.96. The van der Waals surface area contributed by atoms with Crippen molar-refractivity contribution in [2.45, 2.75) is 11.9 Å². The van der Waals surface area contributed by atoms with Crippen LogP contribution in [0.3, 0.4) is 0 Å². The van der Waals surface area contributed by atoms with Crippen LogP contribution in [0.5, 0.6) is 0 Å². The van der Waals surface area contributed by atoms with Gasteiger partial charge < -0.3 is 5.32 Å². The van der Waals surface area contributed by atoms with Crippen molar-refractivity contribution in [1.29, 1.82) is 0 Å². The van der Waals surface area contributed by atoms with E-state index in [0.717, 1.165) is 10.8 Å². The van der Waals surface area contributed by atoms with Gasteiger partial charge in [-0.3, -0.25) is 0 Å². The van der Waals surface area contributed by atoms with Crippen LogP contribution in [-0.4, -0.2) is 22.8 Å². The van der Waals surface area contributed by atoms with Gasteiger partial charge in [0.15, 0.2) is 0 Å². The van der Waals surface area contributed by atoms with Gasteiger partial charge in [-0.2, -0.15) is 0 Å². The third kappa shape index (κ3) is 2.38. The molecule has 11 heavy (non-hydrogen) atoms. The summed E-state index contributed by atoms with van der Waals surface area (Å²) in [7, 11) is 1.82. The van der Waals surface area contributed by atoms with Crippen molar-refractivity contribution in [2.75, 3.05) is 18.1 Å². The lowest BCUT2D eigenvalue weighted by Gasteiger charge is -1.99. The van der Waals surface area contributed by atoms with Gasteiger partial charge in [-0.25, -0.2) is 9.97 Å². The molecule has 0 atom stereocenters. The fraction of sp³-hybridized carbons (Fsp3) is 0.429. The van der Waals surface area contributed by atoms with Crippen molar-refractivity contribution in [1.82, 2.24) is 9.97 Å². The Labute approximate surface area is 70.6 Å². The van der Waals surface area contributed by atoms with Gasteiger partial charge in [0.05, 0.1) is 0 Å². The van der Waals surface area contributed by atoms with Crippen LogP contribution in [0.2, 0.25) is 0 Å². The Morgan fingerprint density at radius 3 is 3.09 bits per heavy atom. The molecule has 1 aromatic rings. The Hall–Kier alpha value is -0.770. The molecule has 0 aliphatic rings. The van der Waals surface area contributed by atoms with Crippen LogP contribution in [0.15, 0.2) is 17.3 Å². The van der Waals surface area contributed by atoms with Gasteiger partial charge in [-0.05, 0) is 11.8 Å². The molecule has 0 fully saturated rings. The highest BCUT2D eigenvalue weighted by atomic mass is 32.2. The lowest BCUT2D eigenvalue weighted by molar-refractivity contribution is 1.05. The summed E-state index contributed by atoms with van der Waals surface area (Å²) in [6, 6.07) is 1.91. The Bertz CT molecular complexity index is 227. The van der Waals surface area contributed by atoms with Crippen molar-refractivity contribution in [2.24, 2.45) is 0 Å². The molecule has 60 valence electrons. The summed E-state index contributed by atoms with van der Waals surface area (Å²) in [5.74, 6) is 1.73. The predicted molar refractivity (Wildman–Crippen MR) is 48.0 cm³/mol. The van der Waals surface area contributed by atoms with E-state index in [-0.39, 0.29) is 0 Å². The summed E-state index contributed by atoms with van der Waals surface area (Å²) >= 11 is 1.71. The molecule has 3 nitrogen and oxygen atoms in total. The third-order valence-electron chi connectivity index (χ3n) is 1.15. The summed E-state index contributed by atoms with van der Waals surface area (Å²) in [5, 5.41) is 3.91. The fourth-order valence-electron chi connectivity index (χ4n) is 0.691. The van der Waals surface area contributed by atoms with Crippen molar-refractivity contribution in [3.05, 3.63) is 12.3 Å². The Kier molecular flexibility index (Phi) is 3.16. The molecule has 0 saturated carbocycles. The summed E-state index contributed by atoms with van der Waals surface area (Å²) in [5.41, 5.74) is 0. The van der Waals surface area contributed by atoms with Crippen LogP contribution in [-0.2, 0) is 0 Å². The van der Waals surface area contributed by atoms with Gasteiger partial charge in [0.1, 0.15) is 5.03 Å². The largest absolute Gasteiger partial charge is 0.357 e. The average molecular weight is 169 g/mol. The van der Waals surface area contributed by atoms with E-state index in [2.05, 4.69) is 22.2 Å². The smallest absolute Gasteiger partial charge is 0.223 e. The van der Waals surface area contributed by atoms with E-state index in [1.54, 1.807) is 18.0 Å². The van der Waals surface area contributed by atoms with Crippen molar-refractivity contribution in [3.8, 4) is 0 Å². The number of anilines is 1. The van der Waals surface area contributed by atoms with E-state index in [0.29, 0.717) is 5.95 Å². The predicted octanol–water partition coefficient (Wildman–Crippen LogP) is 1.63. The van der Waals surface area contributed by atoms with E-state index in [1.807, 2.05) is 13.1 Å². The van der Waals surface area contributed by atoms with Gasteiger partial charge in [-0.15, -0.1) is 11.8 Å². The molecule has 0 bridgehead atoms. The van der Waals surface area contributed by atoms with Gasteiger partial charge in [-0.1, -0.05) is 6.92 Å². The Morgan fingerprint density at radius 2 is 2.45 bits per heavy atom. The first-order valence-electron chi connectivity index (χ1n) is 3.50. The second kappa shape index (κ2) is 4.18. The van der Waals surface area contributed by atoms with Gasteiger partial charge in [0.25, 0.3) is 0 Å². The summed E-state index contributed by atoms with van der Waals surface area (Å²) in [6.45, 7) is 2.10. The number of aromatic nitrogens is 2. The molecule has 1 aromatic heterocycles. The zero-order chi connectivity index (χ0) is 8.10. The Balaban J connectivity index is 2.74. The highest BCUT2D eigenvalue weighted by molar-refractivity contribution is 7.99. The molecular weight excluding hydrogens is 158 g/mol. The monoisotopic (exact) mass is 169 g/mol. The lowest BCUT2D eigenvalue weighted by atomic mass is 10.7. The van der Waals surface area contributed by atoms with Gasteiger partial charge >= 0.3 is 0 Å². The Morgan fingerprint density at radius 1 is 1.64 bits per heavy atom. The fourth-order valence-corrected chi connectivity index (χ4v) is 1.29. The van der Waals surface area contributed by atoms with E-state index >= 15 is 0 Å². The quantitative estimate of drug-likeness (QED) is 0.551. The van der Waals surface area contributed by atoms with Crippen molar-refractivity contribution < 1.29 is 0 Å². The summed E-state index contributed by atoms with van der Waals surface area (Å²) < 4.78 is 0. The average Bonchev–Trinajstić information content (AvgIpc) is 2.06. The molecule has 1 N–H and O–H groups in total. The molecule has 4 heteroatoms. The molecule has 0 radical (unpaired) electrons. The number of nitrogens with one attached hydrogen (secondary N) is 1. The normalized spacial score (nSPS) is 9.64. The molecule has 0 aliphatic carbocycles. The number of hydrogen-bond donors (Lipinski definition) is 1. The first kappa shape index (κ1) is 8.33. The zero-order valence-electron chi connectivity index (χ0n) is 6.66. The van der Waals surface area contributed by atoms with Gasteiger partial charge in [0, 0.05) is 13.2 Å². The molecule has 1 rings (SSSR count). The zero-order valence-corrected chi connectivity index (χ0v) is 7.48. The van der Waals surface area contributed by atoms with Crippen LogP contribution >= 0.6 is 11.8 Å². The molecule has 0 aromatic carbocycles. The highest BCUT2D eigenvalue weighted by Gasteiger charge is 1.94. The molecule has 0 spiro atoms. The van der Waals surface area contributed by atoms with E-state index < -0.39 is 0 Å². The number of rotatable bonds is 3. The molecule has 0 amide bonds. The van der Waals surface area contributed by atoms with Crippen LogP contribution in [0.25, 0.3) is 0 Å². The molecule has 0 saturated heterocycles. The van der Waals surface area contributed by atoms with E-state index in [4.69, 9.17) is 0 Å². The molecule has 0 unspecified atom stereocenters. The lowest BCUT2D eigenvalue weighted by Crippen LogP contribution is -1.95. The SMILES string of the molecule is CCSc1ccnc(NC)n1. The molecule has 1 heterocycles. The van der Waals surface area contributed by atoms with Crippen LogP contribution in [0.1, 0.15) is 6.92 Å². The summed E-state index contributed by atoms with van der Waals surface area (Å²) in [4.78, 5) is 8.23. The number of nitrogens with zero attached hydrogens (tertiary/aromatic N) is 2.